The molecule has 0 amide bonds. The quantitative estimate of drug-likeness (QED) is 0.717. The lowest BCUT2D eigenvalue weighted by Crippen LogP contribution is -2.16. The number of aryl methyl sites for hydroxylation is 2. The van der Waals surface area contributed by atoms with Crippen LogP contribution >= 0.6 is 0 Å². The molecule has 0 N–H and O–H groups in total. The van der Waals surface area contributed by atoms with Crippen molar-refractivity contribution in [2.45, 2.75) is 27.2 Å². The van der Waals surface area contributed by atoms with Crippen LogP contribution < -0.4 is 0 Å². The second-order valence-corrected chi connectivity index (χ2v) is 4.22. The summed E-state index contributed by atoms with van der Waals surface area (Å²) in [6.07, 6.45) is 2.48. The molecule has 1 atom stereocenters. The molecule has 16 heavy (non-hydrogen) atoms. The third-order valence-electron chi connectivity index (χ3n) is 2.65. The van der Waals surface area contributed by atoms with E-state index in [-0.39, 0.29) is 11.7 Å². The van der Waals surface area contributed by atoms with Gasteiger partial charge in [0.2, 0.25) is 0 Å². The minimum Gasteiger partial charge on any atom is -0.385 e. The standard InChI is InChI=1S/C13H19NO2/c1-9-7-11(3)12(14-8-9)13(15)10(2)5-6-16-4/h7-8,10H,5-6H2,1-4H3. The van der Waals surface area contributed by atoms with E-state index >= 15 is 0 Å². The van der Waals surface area contributed by atoms with Crippen LogP contribution in [0.2, 0.25) is 0 Å². The predicted molar refractivity (Wildman–Crippen MR) is 63.7 cm³/mol. The molecule has 3 nitrogen and oxygen atoms in total. The Morgan fingerprint density at radius 3 is 2.75 bits per heavy atom. The SMILES string of the molecule is COCCC(C)C(=O)c1ncc(C)cc1C. The van der Waals surface area contributed by atoms with Crippen LogP contribution in [0.1, 0.15) is 35.0 Å². The first kappa shape index (κ1) is 12.8. The Labute approximate surface area is 96.8 Å². The van der Waals surface area contributed by atoms with Crippen molar-refractivity contribution in [3.8, 4) is 0 Å². The Balaban J connectivity index is 2.79. The van der Waals surface area contributed by atoms with Crippen LogP contribution in [0, 0.1) is 19.8 Å². The molecule has 0 spiro atoms. The average molecular weight is 221 g/mol. The van der Waals surface area contributed by atoms with E-state index in [1.165, 1.54) is 0 Å². The summed E-state index contributed by atoms with van der Waals surface area (Å²) in [5.74, 6) is 0.0726. The molecule has 1 unspecified atom stereocenters. The summed E-state index contributed by atoms with van der Waals surface area (Å²) in [5.41, 5.74) is 2.63. The van der Waals surface area contributed by atoms with Gasteiger partial charge in [-0.1, -0.05) is 13.0 Å². The van der Waals surface area contributed by atoms with Gasteiger partial charge in [-0.3, -0.25) is 9.78 Å². The maximum absolute atomic E-state index is 12.1. The van der Waals surface area contributed by atoms with Gasteiger partial charge in [0, 0.05) is 25.8 Å². The first-order valence-electron chi connectivity index (χ1n) is 5.52. The van der Waals surface area contributed by atoms with Crippen molar-refractivity contribution in [1.29, 1.82) is 0 Å². The van der Waals surface area contributed by atoms with Gasteiger partial charge in [-0.25, -0.2) is 0 Å². The molecule has 0 aliphatic heterocycles. The van der Waals surface area contributed by atoms with Gasteiger partial charge in [0.05, 0.1) is 0 Å². The Kier molecular flexibility index (Phi) is 4.62. The number of nitrogens with zero attached hydrogens (tertiary/aromatic N) is 1. The van der Waals surface area contributed by atoms with Crippen molar-refractivity contribution >= 4 is 5.78 Å². The van der Waals surface area contributed by atoms with E-state index < -0.39 is 0 Å². The highest BCUT2D eigenvalue weighted by molar-refractivity contribution is 5.97. The highest BCUT2D eigenvalue weighted by Crippen LogP contribution is 2.14. The lowest BCUT2D eigenvalue weighted by molar-refractivity contribution is 0.0888. The van der Waals surface area contributed by atoms with Gasteiger partial charge in [0.15, 0.2) is 5.78 Å². The molecule has 88 valence electrons. The third-order valence-corrected chi connectivity index (χ3v) is 2.65. The molecule has 0 bridgehead atoms. The number of carbonyl (C=O) groups excluding carboxylic acids is 1. The third kappa shape index (κ3) is 3.14. The van der Waals surface area contributed by atoms with Crippen molar-refractivity contribution in [2.24, 2.45) is 5.92 Å². The van der Waals surface area contributed by atoms with Crippen molar-refractivity contribution < 1.29 is 9.53 Å². The molecule has 0 aliphatic rings. The Morgan fingerprint density at radius 1 is 1.50 bits per heavy atom. The molecule has 0 saturated heterocycles. The van der Waals surface area contributed by atoms with Crippen LogP contribution in [0.5, 0.6) is 0 Å². The lowest BCUT2D eigenvalue weighted by Gasteiger charge is -2.11. The number of ketones is 1. The molecule has 0 fully saturated rings. The highest BCUT2D eigenvalue weighted by atomic mass is 16.5. The summed E-state index contributed by atoms with van der Waals surface area (Å²) < 4.78 is 4.98. The lowest BCUT2D eigenvalue weighted by atomic mass is 9.97. The molecule has 0 saturated carbocycles. The van der Waals surface area contributed by atoms with Crippen LogP contribution in [0.15, 0.2) is 12.3 Å². The smallest absolute Gasteiger partial charge is 0.184 e. The number of aromatic nitrogens is 1. The number of methoxy groups -OCH3 is 1. The first-order valence-corrected chi connectivity index (χ1v) is 5.52. The second-order valence-electron chi connectivity index (χ2n) is 4.22. The monoisotopic (exact) mass is 221 g/mol. The molecule has 1 heterocycles. The number of rotatable bonds is 5. The minimum absolute atomic E-state index is 0.0335. The number of hydrogen-bond acceptors (Lipinski definition) is 3. The molecule has 0 aliphatic carbocycles. The zero-order chi connectivity index (χ0) is 12.1. The van der Waals surface area contributed by atoms with E-state index in [0.717, 1.165) is 17.5 Å². The fraction of sp³-hybridized carbons (Fsp3) is 0.538. The topological polar surface area (TPSA) is 39.2 Å². The largest absolute Gasteiger partial charge is 0.385 e. The second kappa shape index (κ2) is 5.75. The van der Waals surface area contributed by atoms with E-state index in [4.69, 9.17) is 4.74 Å². The molecule has 1 aromatic heterocycles. The summed E-state index contributed by atoms with van der Waals surface area (Å²) in [6, 6.07) is 1.99. The maximum atomic E-state index is 12.1. The van der Waals surface area contributed by atoms with E-state index in [9.17, 15) is 4.79 Å². The maximum Gasteiger partial charge on any atom is 0.184 e. The molecule has 0 radical (unpaired) electrons. The molecule has 1 rings (SSSR count). The van der Waals surface area contributed by atoms with Crippen LogP contribution in [0.25, 0.3) is 0 Å². The van der Waals surface area contributed by atoms with Gasteiger partial charge in [-0.05, 0) is 31.4 Å². The zero-order valence-electron chi connectivity index (χ0n) is 10.4. The fourth-order valence-corrected chi connectivity index (χ4v) is 1.63. The molecular weight excluding hydrogens is 202 g/mol. The van der Waals surface area contributed by atoms with Gasteiger partial charge in [0.1, 0.15) is 5.69 Å². The van der Waals surface area contributed by atoms with Crippen molar-refractivity contribution in [2.75, 3.05) is 13.7 Å². The van der Waals surface area contributed by atoms with E-state index in [0.29, 0.717) is 12.3 Å². The van der Waals surface area contributed by atoms with E-state index in [1.54, 1.807) is 13.3 Å². The fourth-order valence-electron chi connectivity index (χ4n) is 1.63. The zero-order valence-corrected chi connectivity index (χ0v) is 10.4. The molecule has 0 aromatic carbocycles. The average Bonchev–Trinajstić information content (AvgIpc) is 2.25. The van der Waals surface area contributed by atoms with Crippen molar-refractivity contribution in [3.63, 3.8) is 0 Å². The van der Waals surface area contributed by atoms with Crippen molar-refractivity contribution in [1.82, 2.24) is 4.98 Å². The summed E-state index contributed by atoms with van der Waals surface area (Å²) in [5, 5.41) is 0. The van der Waals surface area contributed by atoms with E-state index in [1.807, 2.05) is 26.8 Å². The Hall–Kier alpha value is -1.22. The molecular formula is C13H19NO2. The number of hydrogen-bond donors (Lipinski definition) is 0. The normalized spacial score (nSPS) is 12.5. The minimum atomic E-state index is -0.0335. The summed E-state index contributed by atoms with van der Waals surface area (Å²) in [7, 11) is 1.65. The number of ether oxygens (including phenoxy) is 1. The Bertz CT molecular complexity index is 374. The van der Waals surface area contributed by atoms with Gasteiger partial charge < -0.3 is 4.74 Å². The summed E-state index contributed by atoms with van der Waals surface area (Å²) in [4.78, 5) is 16.3. The highest BCUT2D eigenvalue weighted by Gasteiger charge is 2.18. The predicted octanol–water partition coefficient (Wildman–Crippen LogP) is 2.55. The molecule has 3 heteroatoms. The number of carbonyl (C=O) groups is 1. The Morgan fingerprint density at radius 2 is 2.19 bits per heavy atom. The van der Waals surface area contributed by atoms with Gasteiger partial charge in [-0.15, -0.1) is 0 Å². The number of pyridine rings is 1. The van der Waals surface area contributed by atoms with Gasteiger partial charge in [0.25, 0.3) is 0 Å². The van der Waals surface area contributed by atoms with E-state index in [2.05, 4.69) is 4.98 Å². The van der Waals surface area contributed by atoms with Gasteiger partial charge >= 0.3 is 0 Å². The van der Waals surface area contributed by atoms with Gasteiger partial charge in [-0.2, -0.15) is 0 Å². The summed E-state index contributed by atoms with van der Waals surface area (Å²) in [6.45, 7) is 6.43. The van der Waals surface area contributed by atoms with Crippen LogP contribution in [0.3, 0.4) is 0 Å². The molecule has 1 aromatic rings. The number of Topliss-reactive ketones (excluding diaryl/α,β-unsaturated/α-hetero) is 1. The van der Waals surface area contributed by atoms with Crippen LogP contribution in [0.4, 0.5) is 0 Å². The van der Waals surface area contributed by atoms with Crippen molar-refractivity contribution in [3.05, 3.63) is 29.1 Å². The summed E-state index contributed by atoms with van der Waals surface area (Å²) >= 11 is 0. The van der Waals surface area contributed by atoms with Crippen LogP contribution in [-0.4, -0.2) is 24.5 Å². The first-order chi connectivity index (χ1) is 7.56. The van der Waals surface area contributed by atoms with Crippen LogP contribution in [-0.2, 0) is 4.74 Å².